The summed E-state index contributed by atoms with van der Waals surface area (Å²) in [5.41, 5.74) is 1.46. The predicted octanol–water partition coefficient (Wildman–Crippen LogP) is 2.69. The molecule has 2 N–H and O–H groups in total. The van der Waals surface area contributed by atoms with Gasteiger partial charge >= 0.3 is 6.18 Å². The van der Waals surface area contributed by atoms with Crippen molar-refractivity contribution in [3.05, 3.63) is 22.9 Å². The van der Waals surface area contributed by atoms with Gasteiger partial charge in [0.05, 0.1) is 23.6 Å². The second-order valence-electron chi connectivity index (χ2n) is 3.09. The van der Waals surface area contributed by atoms with Crippen molar-refractivity contribution >= 4 is 5.82 Å². The molecule has 1 heterocycles. The lowest BCUT2D eigenvalue weighted by Crippen LogP contribution is -2.16. The maximum atomic E-state index is 12.6. The average Bonchev–Trinajstić information content (AvgIpc) is 2.18. The highest BCUT2D eigenvalue weighted by Gasteiger charge is 2.39. The van der Waals surface area contributed by atoms with Crippen LogP contribution in [-0.4, -0.2) is 4.98 Å². The molecule has 8 heteroatoms. The molecular formula is C9H6F5N3. The first kappa shape index (κ1) is 13.2. The molecule has 0 spiro atoms. The van der Waals surface area contributed by atoms with E-state index in [1.807, 2.05) is 0 Å². The maximum absolute atomic E-state index is 12.6. The van der Waals surface area contributed by atoms with Gasteiger partial charge < -0.3 is 5.73 Å². The molecule has 0 fully saturated rings. The van der Waals surface area contributed by atoms with E-state index >= 15 is 0 Å². The van der Waals surface area contributed by atoms with Crippen LogP contribution in [0.3, 0.4) is 0 Å². The Morgan fingerprint density at radius 1 is 1.41 bits per heavy atom. The zero-order valence-electron chi connectivity index (χ0n) is 8.22. The SMILES string of the molecule is N#CCc1cnc(N)c(C(F)F)c1C(F)(F)F. The van der Waals surface area contributed by atoms with Gasteiger partial charge in [-0.25, -0.2) is 13.8 Å². The third-order valence-electron chi connectivity index (χ3n) is 2.00. The van der Waals surface area contributed by atoms with Crippen LogP contribution in [-0.2, 0) is 12.6 Å². The molecule has 92 valence electrons. The summed E-state index contributed by atoms with van der Waals surface area (Å²) in [6, 6.07) is 1.46. The number of aromatic nitrogens is 1. The normalized spacial score (nSPS) is 11.6. The standard InChI is InChI=1S/C9H6F5N3/c10-7(11)5-6(9(12,13)14)4(1-2-15)3-17-8(5)16/h3,7H,1H2,(H2,16,17). The number of anilines is 1. The fourth-order valence-corrected chi connectivity index (χ4v) is 1.36. The van der Waals surface area contributed by atoms with Gasteiger partial charge in [-0.05, 0) is 5.56 Å². The number of hydrogen-bond donors (Lipinski definition) is 1. The Kier molecular flexibility index (Phi) is 3.50. The molecular weight excluding hydrogens is 245 g/mol. The fourth-order valence-electron chi connectivity index (χ4n) is 1.36. The quantitative estimate of drug-likeness (QED) is 0.822. The van der Waals surface area contributed by atoms with E-state index in [-0.39, 0.29) is 0 Å². The van der Waals surface area contributed by atoms with Crippen molar-refractivity contribution in [2.45, 2.75) is 19.0 Å². The molecule has 1 rings (SSSR count). The zero-order valence-corrected chi connectivity index (χ0v) is 8.22. The molecule has 3 nitrogen and oxygen atoms in total. The first-order chi connectivity index (χ1) is 7.79. The summed E-state index contributed by atoms with van der Waals surface area (Å²) < 4.78 is 63.0. The van der Waals surface area contributed by atoms with Crippen molar-refractivity contribution in [1.29, 1.82) is 5.26 Å². The topological polar surface area (TPSA) is 62.7 Å². The van der Waals surface area contributed by atoms with Crippen LogP contribution in [0.1, 0.15) is 23.1 Å². The largest absolute Gasteiger partial charge is 0.417 e. The number of hydrogen-bond acceptors (Lipinski definition) is 3. The molecule has 0 saturated heterocycles. The van der Waals surface area contributed by atoms with E-state index in [0.717, 1.165) is 0 Å². The fraction of sp³-hybridized carbons (Fsp3) is 0.333. The van der Waals surface area contributed by atoms with Gasteiger partial charge in [0.15, 0.2) is 0 Å². The lowest BCUT2D eigenvalue weighted by molar-refractivity contribution is -0.140. The highest BCUT2D eigenvalue weighted by molar-refractivity contribution is 5.50. The minimum atomic E-state index is -5.00. The molecule has 17 heavy (non-hydrogen) atoms. The summed E-state index contributed by atoms with van der Waals surface area (Å²) >= 11 is 0. The minimum absolute atomic E-state index is 0.607. The van der Waals surface area contributed by atoms with Crippen molar-refractivity contribution in [3.8, 4) is 6.07 Å². The highest BCUT2D eigenvalue weighted by atomic mass is 19.4. The van der Waals surface area contributed by atoms with Gasteiger partial charge in [0.25, 0.3) is 6.43 Å². The molecule has 0 aliphatic heterocycles. The lowest BCUT2D eigenvalue weighted by atomic mass is 10.0. The summed E-state index contributed by atoms with van der Waals surface area (Å²) in [6.07, 6.45) is -8.39. The van der Waals surface area contributed by atoms with Crippen LogP contribution in [0.4, 0.5) is 27.8 Å². The van der Waals surface area contributed by atoms with Crippen LogP contribution in [0.5, 0.6) is 0 Å². The summed E-state index contributed by atoms with van der Waals surface area (Å²) in [5.74, 6) is -0.881. The highest BCUT2D eigenvalue weighted by Crippen LogP contribution is 2.40. The Bertz CT molecular complexity index is 461. The van der Waals surface area contributed by atoms with E-state index in [2.05, 4.69) is 4.98 Å². The van der Waals surface area contributed by atoms with E-state index in [1.54, 1.807) is 0 Å². The zero-order chi connectivity index (χ0) is 13.2. The van der Waals surface area contributed by atoms with Crippen molar-refractivity contribution in [2.24, 2.45) is 0 Å². The molecule has 0 bridgehead atoms. The van der Waals surface area contributed by atoms with Crippen LogP contribution < -0.4 is 5.73 Å². The van der Waals surface area contributed by atoms with Gasteiger partial charge in [-0.2, -0.15) is 18.4 Å². The Labute approximate surface area is 92.7 Å². The van der Waals surface area contributed by atoms with E-state index in [9.17, 15) is 22.0 Å². The molecule has 0 radical (unpaired) electrons. The first-order valence-corrected chi connectivity index (χ1v) is 4.28. The van der Waals surface area contributed by atoms with Crippen molar-refractivity contribution in [2.75, 3.05) is 5.73 Å². The Balaban J connectivity index is 3.57. The molecule has 1 aromatic heterocycles. The van der Waals surface area contributed by atoms with Gasteiger partial charge in [0.1, 0.15) is 5.82 Å². The number of halogens is 5. The van der Waals surface area contributed by atoms with E-state index < -0.39 is 41.5 Å². The number of nitrogens with zero attached hydrogens (tertiary/aromatic N) is 2. The molecule has 0 aliphatic carbocycles. The van der Waals surface area contributed by atoms with Crippen molar-refractivity contribution < 1.29 is 22.0 Å². The van der Waals surface area contributed by atoms with Gasteiger partial charge in [-0.1, -0.05) is 0 Å². The summed E-state index contributed by atoms with van der Waals surface area (Å²) in [4.78, 5) is 3.24. The second-order valence-corrected chi connectivity index (χ2v) is 3.09. The number of pyridine rings is 1. The number of rotatable bonds is 2. The monoisotopic (exact) mass is 251 g/mol. The molecule has 0 aliphatic rings. The first-order valence-electron chi connectivity index (χ1n) is 4.28. The smallest absolute Gasteiger partial charge is 0.383 e. The number of nitrogen functional groups attached to an aromatic ring is 1. The predicted molar refractivity (Wildman–Crippen MR) is 47.9 cm³/mol. The number of alkyl halides is 5. The van der Waals surface area contributed by atoms with Gasteiger partial charge in [0, 0.05) is 6.20 Å². The summed E-state index contributed by atoms with van der Waals surface area (Å²) in [5, 5.41) is 8.34. The van der Waals surface area contributed by atoms with Crippen LogP contribution in [0, 0.1) is 11.3 Å². The lowest BCUT2D eigenvalue weighted by Gasteiger charge is -2.16. The van der Waals surface area contributed by atoms with Gasteiger partial charge in [-0.15, -0.1) is 0 Å². The third-order valence-corrected chi connectivity index (χ3v) is 2.00. The molecule has 1 aromatic rings. The maximum Gasteiger partial charge on any atom is 0.417 e. The van der Waals surface area contributed by atoms with Crippen LogP contribution in [0.25, 0.3) is 0 Å². The summed E-state index contributed by atoms with van der Waals surface area (Å²) in [7, 11) is 0. The van der Waals surface area contributed by atoms with E-state index in [4.69, 9.17) is 11.0 Å². The van der Waals surface area contributed by atoms with E-state index in [1.165, 1.54) is 6.07 Å². The number of nitriles is 1. The Hall–Kier alpha value is -1.91. The van der Waals surface area contributed by atoms with Crippen LogP contribution in [0.15, 0.2) is 6.20 Å². The Morgan fingerprint density at radius 2 is 2.00 bits per heavy atom. The minimum Gasteiger partial charge on any atom is -0.383 e. The van der Waals surface area contributed by atoms with Gasteiger partial charge in [-0.3, -0.25) is 0 Å². The van der Waals surface area contributed by atoms with E-state index in [0.29, 0.717) is 6.20 Å². The van der Waals surface area contributed by atoms with Gasteiger partial charge in [0.2, 0.25) is 0 Å². The molecule has 0 aromatic carbocycles. The van der Waals surface area contributed by atoms with Crippen molar-refractivity contribution in [1.82, 2.24) is 4.98 Å². The average molecular weight is 251 g/mol. The summed E-state index contributed by atoms with van der Waals surface area (Å²) in [6.45, 7) is 0. The molecule has 0 atom stereocenters. The van der Waals surface area contributed by atoms with Crippen LogP contribution >= 0.6 is 0 Å². The number of nitrogens with two attached hydrogens (primary N) is 1. The van der Waals surface area contributed by atoms with Crippen LogP contribution in [0.2, 0.25) is 0 Å². The molecule has 0 unspecified atom stereocenters. The molecule has 0 saturated carbocycles. The third kappa shape index (κ3) is 2.61. The Morgan fingerprint density at radius 3 is 2.41 bits per heavy atom. The second kappa shape index (κ2) is 4.53. The molecule has 0 amide bonds. The van der Waals surface area contributed by atoms with Crippen molar-refractivity contribution in [3.63, 3.8) is 0 Å².